The predicted octanol–water partition coefficient (Wildman–Crippen LogP) is 2.09. The first-order valence-corrected chi connectivity index (χ1v) is 5.64. The molecule has 0 spiro atoms. The maximum atomic E-state index is 10.5. The maximum absolute atomic E-state index is 10.5. The van der Waals surface area contributed by atoms with Gasteiger partial charge < -0.3 is 6.42 Å². The molecule has 0 aromatic heterocycles. The third kappa shape index (κ3) is 7.78. The molecule has 0 radical (unpaired) electrons. The van der Waals surface area contributed by atoms with Crippen LogP contribution < -0.4 is 0 Å². The van der Waals surface area contributed by atoms with Gasteiger partial charge in [0.05, 0.1) is 4.90 Å². The Morgan fingerprint density at radius 1 is 1.13 bits per heavy atom. The van der Waals surface area contributed by atoms with Gasteiger partial charge in [0.15, 0.2) is 0 Å². The van der Waals surface area contributed by atoms with Gasteiger partial charge in [-0.25, -0.2) is 0 Å². The van der Waals surface area contributed by atoms with Gasteiger partial charge in [0.1, 0.15) is 0 Å². The van der Waals surface area contributed by atoms with Crippen molar-refractivity contribution in [2.24, 2.45) is 0 Å². The fourth-order valence-electron chi connectivity index (χ4n) is 0.710. The molecule has 1 N–H and O–H groups in total. The summed E-state index contributed by atoms with van der Waals surface area (Å²) in [5.41, 5.74) is 0.956. The van der Waals surface area contributed by atoms with Crippen LogP contribution in [0.25, 0.3) is 0 Å². The molecule has 1 aromatic carbocycles. The van der Waals surface area contributed by atoms with Crippen LogP contribution in [0.5, 0.6) is 0 Å². The van der Waals surface area contributed by atoms with Crippen molar-refractivity contribution in [3.63, 3.8) is 0 Å². The van der Waals surface area contributed by atoms with E-state index in [9.17, 15) is 8.42 Å². The number of aryl methyl sites for hydroxylation is 1. The molecule has 0 fully saturated rings. The van der Waals surface area contributed by atoms with Crippen molar-refractivity contribution in [3.05, 3.63) is 36.2 Å². The average molecular weight is 240 g/mol. The number of rotatable bonds is 1. The number of benzene rings is 1. The third-order valence-corrected chi connectivity index (χ3v) is 2.19. The van der Waals surface area contributed by atoms with Gasteiger partial charge in [-0.15, -0.1) is 0 Å². The molecule has 0 aliphatic carbocycles. The van der Waals surface area contributed by atoms with Crippen molar-refractivity contribution >= 4 is 33.2 Å². The molecule has 1 aromatic rings. The number of hydrogen-bond donors (Lipinski definition) is 1. The molecule has 0 aliphatic rings. The Labute approximate surface area is 108 Å². The average Bonchev–Trinajstić information content (AvgIpc) is 2.04. The van der Waals surface area contributed by atoms with E-state index < -0.39 is 10.1 Å². The van der Waals surface area contributed by atoms with Crippen LogP contribution in [-0.4, -0.2) is 36.0 Å². The quantitative estimate of drug-likeness (QED) is 0.464. The monoisotopic (exact) mass is 239 g/mol. The largest absolute Gasteiger partial charge is 2.00 e. The van der Waals surface area contributed by atoms with Gasteiger partial charge in [-0.2, -0.15) is 22.3 Å². The van der Waals surface area contributed by atoms with Crippen molar-refractivity contribution in [1.82, 2.24) is 0 Å². The molecule has 0 atom stereocenters. The zero-order chi connectivity index (χ0) is 11.2. The van der Waals surface area contributed by atoms with E-state index in [1.807, 2.05) is 27.2 Å². The van der Waals surface area contributed by atoms with Crippen LogP contribution in [0.15, 0.2) is 29.2 Å². The molecule has 0 bridgehead atoms. The van der Waals surface area contributed by atoms with E-state index in [0.29, 0.717) is 0 Å². The Balaban J connectivity index is 0. The Bertz CT molecular complexity index is 357. The van der Waals surface area contributed by atoms with E-state index >= 15 is 0 Å². The molecule has 0 saturated heterocycles. The molecule has 3 nitrogen and oxygen atoms in total. The summed E-state index contributed by atoms with van der Waals surface area (Å²) < 4.78 is 29.6. The molecule has 0 aliphatic heterocycles. The molecule has 0 saturated carbocycles. The molecule has 0 heterocycles. The van der Waals surface area contributed by atoms with E-state index in [0.717, 1.165) is 5.56 Å². The first kappa shape index (κ1) is 17.3. The van der Waals surface area contributed by atoms with E-state index in [2.05, 4.69) is 0 Å². The third-order valence-electron chi connectivity index (χ3n) is 1.32. The summed E-state index contributed by atoms with van der Waals surface area (Å²) in [6.07, 6.45) is 2.00. The van der Waals surface area contributed by atoms with E-state index in [-0.39, 0.29) is 27.9 Å². The molecule has 5 heteroatoms. The fraction of sp³-hybridized carbons (Fsp3) is 0.300. The maximum Gasteiger partial charge on any atom is 2.00 e. The SMILES string of the molecule is C[CH-]C.Cc1ccc(S(=O)(=O)O)cc1.[Mg+2]. The van der Waals surface area contributed by atoms with Gasteiger partial charge in [0, 0.05) is 0 Å². The number of hydrogen-bond acceptors (Lipinski definition) is 2. The molecule has 0 unspecified atom stereocenters. The first-order valence-electron chi connectivity index (χ1n) is 4.20. The topological polar surface area (TPSA) is 54.4 Å². The van der Waals surface area contributed by atoms with Gasteiger partial charge in [-0.3, -0.25) is 4.55 Å². The predicted molar refractivity (Wildman–Crippen MR) is 62.4 cm³/mol. The van der Waals surface area contributed by atoms with Gasteiger partial charge >= 0.3 is 23.1 Å². The van der Waals surface area contributed by atoms with Crippen LogP contribution in [0.1, 0.15) is 19.4 Å². The Hall–Kier alpha value is -0.104. The standard InChI is InChI=1S/C7H8O3S.C3H7.Mg/c1-6-2-4-7(5-3-6)11(8,9)10;1-3-2;/h2-5H,1H3,(H,8,9,10);3H,1-2H3;/q;-1;+2. The van der Waals surface area contributed by atoms with Crippen molar-refractivity contribution in [3.8, 4) is 0 Å². The van der Waals surface area contributed by atoms with Gasteiger partial charge in [-0.1, -0.05) is 17.7 Å². The minimum Gasteiger partial charge on any atom is -0.335 e. The summed E-state index contributed by atoms with van der Waals surface area (Å²) in [6.45, 7) is 5.84. The minimum atomic E-state index is -4.02. The molecular formula is C10H15MgO3S+. The Kier molecular flexibility index (Phi) is 9.33. The summed E-state index contributed by atoms with van der Waals surface area (Å²) in [7, 11) is -4.02. The van der Waals surface area contributed by atoms with Crippen LogP contribution in [0.3, 0.4) is 0 Å². The van der Waals surface area contributed by atoms with E-state index in [1.165, 1.54) is 12.1 Å². The van der Waals surface area contributed by atoms with Crippen molar-refractivity contribution in [2.75, 3.05) is 0 Å². The normalized spacial score (nSPS) is 9.60. The summed E-state index contributed by atoms with van der Waals surface area (Å²) in [5, 5.41) is 0. The second-order valence-corrected chi connectivity index (χ2v) is 4.29. The van der Waals surface area contributed by atoms with Crippen molar-refractivity contribution in [2.45, 2.75) is 25.7 Å². The Morgan fingerprint density at radius 3 is 1.73 bits per heavy atom. The Morgan fingerprint density at radius 2 is 1.47 bits per heavy atom. The van der Waals surface area contributed by atoms with E-state index in [4.69, 9.17) is 4.55 Å². The summed E-state index contributed by atoms with van der Waals surface area (Å²) in [6, 6.07) is 5.99. The van der Waals surface area contributed by atoms with Crippen LogP contribution in [0.4, 0.5) is 0 Å². The van der Waals surface area contributed by atoms with Crippen LogP contribution in [-0.2, 0) is 10.1 Å². The van der Waals surface area contributed by atoms with Crippen LogP contribution in [0.2, 0.25) is 0 Å². The summed E-state index contributed by atoms with van der Waals surface area (Å²) in [4.78, 5) is -0.0666. The van der Waals surface area contributed by atoms with Crippen LogP contribution >= 0.6 is 0 Å². The summed E-state index contributed by atoms with van der Waals surface area (Å²) >= 11 is 0. The molecule has 80 valence electrons. The molecular weight excluding hydrogens is 224 g/mol. The van der Waals surface area contributed by atoms with Gasteiger partial charge in [0.2, 0.25) is 0 Å². The zero-order valence-corrected chi connectivity index (χ0v) is 11.5. The minimum absolute atomic E-state index is 0. The smallest absolute Gasteiger partial charge is 0.335 e. The van der Waals surface area contributed by atoms with Gasteiger partial charge in [0.25, 0.3) is 10.1 Å². The van der Waals surface area contributed by atoms with Gasteiger partial charge in [-0.05, 0) is 19.1 Å². The summed E-state index contributed by atoms with van der Waals surface area (Å²) in [5.74, 6) is 0. The van der Waals surface area contributed by atoms with Crippen LogP contribution in [0, 0.1) is 13.3 Å². The van der Waals surface area contributed by atoms with Crippen molar-refractivity contribution < 1.29 is 13.0 Å². The second kappa shape index (κ2) is 8.10. The first-order chi connectivity index (χ1) is 6.41. The molecule has 1 rings (SSSR count). The molecule has 15 heavy (non-hydrogen) atoms. The van der Waals surface area contributed by atoms with E-state index in [1.54, 1.807) is 12.1 Å². The molecule has 0 amide bonds. The zero-order valence-electron chi connectivity index (χ0n) is 9.27. The van der Waals surface area contributed by atoms with Crippen molar-refractivity contribution in [1.29, 1.82) is 0 Å². The second-order valence-electron chi connectivity index (χ2n) is 2.87. The fourth-order valence-corrected chi connectivity index (χ4v) is 1.19.